The van der Waals surface area contributed by atoms with Crippen molar-refractivity contribution in [2.45, 2.75) is 123 Å². The van der Waals surface area contributed by atoms with Crippen LogP contribution in [0.1, 0.15) is 99.3 Å². The van der Waals surface area contributed by atoms with Crippen LogP contribution in [0.15, 0.2) is 5.29 Å². The van der Waals surface area contributed by atoms with Crippen LogP contribution in [0.4, 0.5) is 0 Å². The van der Waals surface area contributed by atoms with Crippen LogP contribution in [0.2, 0.25) is 0 Å². The third-order valence-electron chi connectivity index (χ3n) is 9.94. The van der Waals surface area contributed by atoms with Crippen LogP contribution in [0, 0.1) is 28.1 Å². The lowest BCUT2D eigenvalue weighted by Gasteiger charge is -2.64. The second-order valence-electron chi connectivity index (χ2n) is 14.0. The van der Waals surface area contributed by atoms with Crippen LogP contribution in [0.25, 0.3) is 0 Å². The molecular weight excluding hydrogens is 601 g/mol. The Balaban J connectivity index is 1.62. The average molecular weight is 657 g/mol. The fourth-order valence-electron chi connectivity index (χ4n) is 7.17. The minimum Gasteiger partial charge on any atom is -0.404 e. The molecule has 4 aliphatic rings. The molecule has 0 spiro atoms. The lowest BCUT2D eigenvalue weighted by molar-refractivity contribution is -0.461. The summed E-state index contributed by atoms with van der Waals surface area (Å²) in [6, 6.07) is -0.810. The summed E-state index contributed by atoms with van der Waals surface area (Å²) in [4.78, 5) is 39.8. The van der Waals surface area contributed by atoms with E-state index in [1.165, 1.54) is 0 Å². The molecule has 0 aromatic carbocycles. The van der Waals surface area contributed by atoms with Gasteiger partial charge in [0.1, 0.15) is 11.3 Å². The van der Waals surface area contributed by atoms with Gasteiger partial charge in [0.05, 0.1) is 29.9 Å². The van der Waals surface area contributed by atoms with Gasteiger partial charge < -0.3 is 19.9 Å². The number of hydrogen-bond donors (Lipinski definition) is 6. The molecule has 45 heavy (non-hydrogen) atoms. The van der Waals surface area contributed by atoms with Gasteiger partial charge in [-0.1, -0.05) is 34.1 Å². The van der Waals surface area contributed by atoms with Gasteiger partial charge >= 0.3 is 13.1 Å². The molecule has 2 amide bonds. The summed E-state index contributed by atoms with van der Waals surface area (Å²) in [5.41, 5.74) is 7.50. The summed E-state index contributed by atoms with van der Waals surface area (Å²) >= 11 is 0. The molecule has 1 aliphatic heterocycles. The molecule has 3 aliphatic carbocycles. The van der Waals surface area contributed by atoms with Crippen LogP contribution in [0.3, 0.4) is 0 Å². The molecule has 256 valence electrons. The monoisotopic (exact) mass is 656 g/mol. The van der Waals surface area contributed by atoms with Gasteiger partial charge in [0, 0.05) is 13.0 Å². The maximum atomic E-state index is 13.7. The number of nitrogens with zero attached hydrogens (tertiary/aromatic N) is 1. The Morgan fingerprint density at radius 1 is 1.11 bits per heavy atom. The molecule has 6 atom stereocenters. The van der Waals surface area contributed by atoms with Crippen molar-refractivity contribution in [1.29, 1.82) is 0 Å². The zero-order valence-electron chi connectivity index (χ0n) is 27.8. The second-order valence-corrected chi connectivity index (χ2v) is 16.1. The van der Waals surface area contributed by atoms with Crippen LogP contribution in [-0.4, -0.2) is 75.8 Å². The van der Waals surface area contributed by atoms with Crippen LogP contribution in [-0.2, 0) is 28.9 Å². The first kappa shape index (κ1) is 37.2. The average Bonchev–Trinajstić information content (AvgIpc) is 3.33. The summed E-state index contributed by atoms with van der Waals surface area (Å²) in [5, 5.41) is 8.57. The Kier molecular flexibility index (Phi) is 13.2. The molecule has 1 saturated heterocycles. The van der Waals surface area contributed by atoms with Crippen LogP contribution >= 0.6 is 0 Å². The number of nitrogens with two attached hydrogens (primary N) is 1. The van der Waals surface area contributed by atoms with Crippen molar-refractivity contribution in [3.05, 3.63) is 4.91 Å². The van der Waals surface area contributed by atoms with Crippen molar-refractivity contribution >= 4 is 34.9 Å². The molecular formula is C29H55BN7O7S+. The van der Waals surface area contributed by atoms with E-state index in [4.69, 9.17) is 15.0 Å². The third kappa shape index (κ3) is 9.85. The Morgan fingerprint density at radius 3 is 2.49 bits per heavy atom. The molecule has 3 saturated carbocycles. The fraction of sp³-hybridized carbons (Fsp3) is 0.897. The predicted octanol–water partition coefficient (Wildman–Crippen LogP) is 0.216. The summed E-state index contributed by atoms with van der Waals surface area (Å²) in [7, 11) is -3.82. The van der Waals surface area contributed by atoms with Crippen molar-refractivity contribution in [2.75, 3.05) is 18.8 Å². The van der Waals surface area contributed by atoms with Crippen molar-refractivity contribution in [3.8, 4) is 0 Å². The first-order chi connectivity index (χ1) is 21.1. The maximum Gasteiger partial charge on any atom is 0.481 e. The number of hydrogen-bond acceptors (Lipinski definition) is 8. The molecule has 7 N–H and O–H groups in total. The van der Waals surface area contributed by atoms with E-state index in [0.717, 1.165) is 12.8 Å². The van der Waals surface area contributed by atoms with Crippen molar-refractivity contribution in [1.82, 2.24) is 20.8 Å². The zero-order chi connectivity index (χ0) is 33.4. The quantitative estimate of drug-likeness (QED) is 0.0281. The molecule has 0 aromatic heterocycles. The summed E-state index contributed by atoms with van der Waals surface area (Å²) < 4.78 is 38.9. The summed E-state index contributed by atoms with van der Waals surface area (Å²) in [5.74, 6) is 0.330. The minimum absolute atomic E-state index is 0.000155. The molecule has 4 rings (SSSR count). The molecule has 0 radical (unpaired) electrons. The maximum absolute atomic E-state index is 13.7. The zero-order valence-corrected chi connectivity index (χ0v) is 28.6. The van der Waals surface area contributed by atoms with Crippen LogP contribution < -0.4 is 31.5 Å². The second kappa shape index (κ2) is 16.0. The van der Waals surface area contributed by atoms with E-state index in [0.29, 0.717) is 63.5 Å². The highest BCUT2D eigenvalue weighted by Gasteiger charge is 2.68. The number of nitrogens with one attached hydrogen (secondary N) is 5. The van der Waals surface area contributed by atoms with Crippen molar-refractivity contribution in [3.63, 3.8) is 0 Å². The summed E-state index contributed by atoms with van der Waals surface area (Å²) in [6.45, 7) is 13.2. The molecule has 14 nitrogen and oxygen atoms in total. The molecule has 0 unspecified atom stereocenters. The topological polar surface area (TPSA) is 204 Å². The molecule has 1 heterocycles. The van der Waals surface area contributed by atoms with Crippen molar-refractivity contribution < 1.29 is 32.3 Å². The lowest BCUT2D eigenvalue weighted by atomic mass is 9.43. The lowest BCUT2D eigenvalue weighted by Crippen LogP contribution is -2.78. The number of amides is 2. The highest BCUT2D eigenvalue weighted by molar-refractivity contribution is 7.89. The standard InChI is InChI=1S/C29H54BN7O7S/c1-7-45(41,42)33-15-10-8-9-13-25(38)34-21(12-11-14-32-27(31)36-37-40)26(39)35-24(16-19(2)3)30-43-23-18-20-17-22(28(20,4)5)29(23,6)44-30/h19-24,33H,7-18H2,1-6H3,(H,34,38)(H,35,39)(H3,31,32,36,40)/p+1/t20-,21-,22-,23+,24-,29-/m0/s1. The van der Waals surface area contributed by atoms with E-state index in [1.807, 2.05) is 0 Å². The highest BCUT2D eigenvalue weighted by atomic mass is 32.2. The Hall–Kier alpha value is -2.30. The Bertz CT molecular complexity index is 1170. The third-order valence-corrected chi connectivity index (χ3v) is 11.3. The molecule has 4 fully saturated rings. The number of unbranched alkanes of at least 4 members (excludes halogenated alkanes) is 2. The molecule has 16 heteroatoms. The van der Waals surface area contributed by atoms with Gasteiger partial charge in [-0.15, -0.1) is 10.3 Å². The number of rotatable bonds is 19. The van der Waals surface area contributed by atoms with Gasteiger partial charge in [0.25, 0.3) is 0 Å². The predicted molar refractivity (Wildman–Crippen MR) is 173 cm³/mol. The van der Waals surface area contributed by atoms with Gasteiger partial charge in [-0.3, -0.25) is 20.3 Å². The van der Waals surface area contributed by atoms with E-state index in [9.17, 15) is 22.9 Å². The largest absolute Gasteiger partial charge is 0.481 e. The molecule has 0 aromatic rings. The van der Waals surface area contributed by atoms with E-state index < -0.39 is 34.7 Å². The van der Waals surface area contributed by atoms with Crippen molar-refractivity contribution in [2.24, 2.45) is 34.2 Å². The van der Waals surface area contributed by atoms with E-state index in [-0.39, 0.29) is 47.4 Å². The number of nitroso groups, excluding NO2 is 1. The molecule has 2 bridgehead atoms. The van der Waals surface area contributed by atoms with Crippen LogP contribution in [0.5, 0.6) is 0 Å². The Morgan fingerprint density at radius 2 is 1.84 bits per heavy atom. The first-order valence-corrected chi connectivity index (χ1v) is 18.1. The normalized spacial score (nSPS) is 26.9. The van der Waals surface area contributed by atoms with Gasteiger partial charge in [0.15, 0.2) is 0 Å². The minimum atomic E-state index is -3.24. The number of carbonyl (C=O) groups excluding carboxylic acids is 2. The van der Waals surface area contributed by atoms with E-state index >= 15 is 0 Å². The van der Waals surface area contributed by atoms with Gasteiger partial charge in [0.2, 0.25) is 21.8 Å². The fourth-order valence-corrected chi connectivity index (χ4v) is 7.83. The number of sulfonamides is 1. The highest BCUT2D eigenvalue weighted by Crippen LogP contribution is 2.65. The van der Waals surface area contributed by atoms with Gasteiger partial charge in [-0.25, -0.2) is 13.1 Å². The number of carbonyl (C=O) groups is 2. The van der Waals surface area contributed by atoms with E-state index in [2.05, 4.69) is 65.7 Å². The smallest absolute Gasteiger partial charge is 0.404 e. The Labute approximate surface area is 268 Å². The first-order valence-electron chi connectivity index (χ1n) is 16.5. The summed E-state index contributed by atoms with van der Waals surface area (Å²) in [6.07, 6.45) is 5.56. The van der Waals surface area contributed by atoms with Gasteiger partial charge in [-0.05, 0) is 82.0 Å². The van der Waals surface area contributed by atoms with Gasteiger partial charge in [-0.2, -0.15) is 0 Å². The van der Waals surface area contributed by atoms with E-state index in [1.54, 1.807) is 6.92 Å². The number of guanidine groups is 1. The SMILES string of the molecule is CCS(=O)(=O)NCCCCCC(=O)N[C@@H](CCC[NH+]=C(N)NN=O)C(=O)N[C@@H](CC(C)C)B1O[C@@H]2C[C@@H]3C[C@@H](C3(C)C)[C@]2(C)O1.